The van der Waals surface area contributed by atoms with Crippen molar-refractivity contribution in [1.29, 1.82) is 0 Å². The van der Waals surface area contributed by atoms with Crippen molar-refractivity contribution >= 4 is 39.2 Å². The van der Waals surface area contributed by atoms with E-state index in [1.807, 2.05) is 0 Å². The highest BCUT2D eigenvalue weighted by Gasteiger charge is 2.15. The maximum atomic E-state index is 12.4. The zero-order chi connectivity index (χ0) is 19.1. The SMILES string of the molecule is O=C(COC1CCCCC1)Nc1cccc(C(=O)Nc2ccc(Br)cn2)c1. The Bertz CT molecular complexity index is 789. The van der Waals surface area contributed by atoms with Crippen molar-refractivity contribution in [1.82, 2.24) is 4.98 Å². The van der Waals surface area contributed by atoms with Gasteiger partial charge in [-0.1, -0.05) is 25.3 Å². The van der Waals surface area contributed by atoms with Gasteiger partial charge in [-0.3, -0.25) is 9.59 Å². The van der Waals surface area contributed by atoms with Gasteiger partial charge in [-0.15, -0.1) is 0 Å². The van der Waals surface area contributed by atoms with E-state index in [4.69, 9.17) is 4.74 Å². The molecule has 1 saturated carbocycles. The molecule has 0 bridgehead atoms. The van der Waals surface area contributed by atoms with Gasteiger partial charge in [0, 0.05) is 21.9 Å². The number of aromatic nitrogens is 1. The summed E-state index contributed by atoms with van der Waals surface area (Å²) in [7, 11) is 0. The largest absolute Gasteiger partial charge is 0.368 e. The lowest BCUT2D eigenvalue weighted by Gasteiger charge is -2.21. The lowest BCUT2D eigenvalue weighted by atomic mass is 9.98. The van der Waals surface area contributed by atoms with E-state index in [1.165, 1.54) is 6.42 Å². The molecule has 0 saturated heterocycles. The lowest BCUT2D eigenvalue weighted by Crippen LogP contribution is -2.24. The third-order valence-corrected chi connectivity index (χ3v) is 4.85. The number of ether oxygens (including phenoxy) is 1. The number of pyridine rings is 1. The van der Waals surface area contributed by atoms with Gasteiger partial charge in [0.25, 0.3) is 5.91 Å². The van der Waals surface area contributed by atoms with Crippen LogP contribution in [0, 0.1) is 0 Å². The minimum Gasteiger partial charge on any atom is -0.368 e. The highest BCUT2D eigenvalue weighted by Crippen LogP contribution is 2.20. The van der Waals surface area contributed by atoms with Crippen LogP contribution >= 0.6 is 15.9 Å². The number of carbonyl (C=O) groups excluding carboxylic acids is 2. The van der Waals surface area contributed by atoms with Crippen molar-refractivity contribution in [3.05, 3.63) is 52.6 Å². The Morgan fingerprint density at radius 2 is 1.93 bits per heavy atom. The topological polar surface area (TPSA) is 80.3 Å². The summed E-state index contributed by atoms with van der Waals surface area (Å²) in [5, 5.41) is 5.51. The molecule has 1 aliphatic rings. The van der Waals surface area contributed by atoms with Crippen molar-refractivity contribution in [2.75, 3.05) is 17.2 Å². The maximum Gasteiger partial charge on any atom is 0.256 e. The summed E-state index contributed by atoms with van der Waals surface area (Å²) in [6.07, 6.45) is 7.41. The third-order valence-electron chi connectivity index (χ3n) is 4.38. The smallest absolute Gasteiger partial charge is 0.256 e. The standard InChI is InChI=1S/C20H22BrN3O3/c21-15-9-10-18(22-12-15)24-20(26)14-5-4-6-16(11-14)23-19(25)13-27-17-7-2-1-3-8-17/h4-6,9-12,17H,1-3,7-8,13H2,(H,23,25)(H,22,24,26). The predicted octanol–water partition coefficient (Wildman–Crippen LogP) is 4.38. The number of hydrogen-bond donors (Lipinski definition) is 2. The zero-order valence-electron chi connectivity index (χ0n) is 14.9. The molecule has 6 nitrogen and oxygen atoms in total. The second kappa shape index (κ2) is 9.62. The highest BCUT2D eigenvalue weighted by molar-refractivity contribution is 9.10. The summed E-state index contributed by atoms with van der Waals surface area (Å²) < 4.78 is 6.51. The van der Waals surface area contributed by atoms with Gasteiger partial charge in [0.15, 0.2) is 0 Å². The van der Waals surface area contributed by atoms with E-state index in [-0.39, 0.29) is 24.5 Å². The van der Waals surface area contributed by atoms with Crippen LogP contribution in [0.4, 0.5) is 11.5 Å². The Labute approximate surface area is 166 Å². The molecular formula is C20H22BrN3O3. The van der Waals surface area contributed by atoms with Crippen molar-refractivity contribution < 1.29 is 14.3 Å². The van der Waals surface area contributed by atoms with Crippen LogP contribution in [0.5, 0.6) is 0 Å². The van der Waals surface area contributed by atoms with Gasteiger partial charge in [0.2, 0.25) is 5.91 Å². The average Bonchev–Trinajstić information content (AvgIpc) is 2.69. The molecule has 3 rings (SSSR count). The van der Waals surface area contributed by atoms with Crippen LogP contribution in [-0.4, -0.2) is 29.5 Å². The summed E-state index contributed by atoms with van der Waals surface area (Å²) >= 11 is 3.30. The molecule has 2 N–H and O–H groups in total. The second-order valence-electron chi connectivity index (χ2n) is 6.52. The number of halogens is 1. The van der Waals surface area contributed by atoms with Crippen molar-refractivity contribution in [2.24, 2.45) is 0 Å². The lowest BCUT2D eigenvalue weighted by molar-refractivity contribution is -0.123. The van der Waals surface area contributed by atoms with E-state index in [9.17, 15) is 9.59 Å². The van der Waals surface area contributed by atoms with E-state index in [0.717, 1.165) is 30.2 Å². The number of nitrogens with zero attached hydrogens (tertiary/aromatic N) is 1. The summed E-state index contributed by atoms with van der Waals surface area (Å²) in [6.45, 7) is 0.0317. The first-order valence-corrected chi connectivity index (χ1v) is 9.84. The molecule has 0 radical (unpaired) electrons. The molecule has 1 aromatic carbocycles. The third kappa shape index (κ3) is 6.15. The highest BCUT2D eigenvalue weighted by atomic mass is 79.9. The molecule has 1 heterocycles. The number of anilines is 2. The molecule has 2 amide bonds. The van der Waals surface area contributed by atoms with Crippen molar-refractivity contribution in [3.63, 3.8) is 0 Å². The molecule has 1 aliphatic carbocycles. The van der Waals surface area contributed by atoms with Gasteiger partial charge in [-0.2, -0.15) is 0 Å². The quantitative estimate of drug-likeness (QED) is 0.710. The number of amides is 2. The fourth-order valence-corrected chi connectivity index (χ4v) is 3.23. The van der Waals surface area contributed by atoms with Gasteiger partial charge < -0.3 is 15.4 Å². The molecule has 27 heavy (non-hydrogen) atoms. The van der Waals surface area contributed by atoms with Gasteiger partial charge >= 0.3 is 0 Å². The van der Waals surface area contributed by atoms with Crippen molar-refractivity contribution in [2.45, 2.75) is 38.2 Å². The number of nitrogens with one attached hydrogen (secondary N) is 2. The summed E-state index contributed by atoms with van der Waals surface area (Å²) in [5.41, 5.74) is 0.995. The Hall–Kier alpha value is -2.25. The number of benzene rings is 1. The van der Waals surface area contributed by atoms with Gasteiger partial charge in [-0.25, -0.2) is 4.98 Å². The van der Waals surface area contributed by atoms with Gasteiger partial charge in [0.1, 0.15) is 12.4 Å². The van der Waals surface area contributed by atoms with Crippen LogP contribution in [0.2, 0.25) is 0 Å². The Morgan fingerprint density at radius 3 is 2.67 bits per heavy atom. The summed E-state index contributed by atoms with van der Waals surface area (Å²) in [6, 6.07) is 10.3. The van der Waals surface area contributed by atoms with Crippen molar-refractivity contribution in [3.8, 4) is 0 Å². The minimum atomic E-state index is -0.292. The first-order valence-electron chi connectivity index (χ1n) is 9.04. The molecule has 0 unspecified atom stereocenters. The average molecular weight is 432 g/mol. The Kier molecular flexibility index (Phi) is 6.95. The monoisotopic (exact) mass is 431 g/mol. The van der Waals surface area contributed by atoms with Crippen LogP contribution in [0.15, 0.2) is 47.1 Å². The number of rotatable bonds is 6. The van der Waals surface area contributed by atoms with Crippen LogP contribution in [0.25, 0.3) is 0 Å². The maximum absolute atomic E-state index is 12.4. The summed E-state index contributed by atoms with van der Waals surface area (Å²) in [5.74, 6) is -0.0504. The van der Waals surface area contributed by atoms with Crippen LogP contribution in [0.3, 0.4) is 0 Å². The molecule has 0 spiro atoms. The molecule has 0 aliphatic heterocycles. The van der Waals surface area contributed by atoms with E-state index >= 15 is 0 Å². The zero-order valence-corrected chi connectivity index (χ0v) is 16.5. The Morgan fingerprint density at radius 1 is 1.11 bits per heavy atom. The first kappa shape index (κ1) is 19.5. The van der Waals surface area contributed by atoms with Gasteiger partial charge in [-0.05, 0) is 59.1 Å². The van der Waals surface area contributed by atoms with E-state index < -0.39 is 0 Å². The molecule has 1 aromatic heterocycles. The van der Waals surface area contributed by atoms with Crippen LogP contribution < -0.4 is 10.6 Å². The Balaban J connectivity index is 1.53. The minimum absolute atomic E-state index is 0.0317. The molecule has 1 fully saturated rings. The van der Waals surface area contributed by atoms with Crippen LogP contribution in [-0.2, 0) is 9.53 Å². The van der Waals surface area contributed by atoms with E-state index in [1.54, 1.807) is 42.6 Å². The number of hydrogen-bond acceptors (Lipinski definition) is 4. The molecular weight excluding hydrogens is 410 g/mol. The molecule has 0 atom stereocenters. The number of carbonyl (C=O) groups is 2. The van der Waals surface area contributed by atoms with E-state index in [2.05, 4.69) is 31.5 Å². The van der Waals surface area contributed by atoms with E-state index in [0.29, 0.717) is 17.1 Å². The summed E-state index contributed by atoms with van der Waals surface area (Å²) in [4.78, 5) is 28.6. The molecule has 2 aromatic rings. The van der Waals surface area contributed by atoms with Gasteiger partial charge in [0.05, 0.1) is 6.10 Å². The molecule has 7 heteroatoms. The second-order valence-corrected chi connectivity index (χ2v) is 7.43. The fraction of sp³-hybridized carbons (Fsp3) is 0.350. The van der Waals surface area contributed by atoms with Crippen LogP contribution in [0.1, 0.15) is 42.5 Å². The normalized spacial score (nSPS) is 14.6. The fourth-order valence-electron chi connectivity index (χ4n) is 3.00. The molecule has 142 valence electrons. The first-order chi connectivity index (χ1) is 13.1. The predicted molar refractivity (Wildman–Crippen MR) is 108 cm³/mol.